The molecule has 3 unspecified atom stereocenters. The fourth-order valence-corrected chi connectivity index (χ4v) is 16.1. The van der Waals surface area contributed by atoms with Gasteiger partial charge in [0.2, 0.25) is 0 Å². The minimum atomic E-state index is -2.21. The summed E-state index contributed by atoms with van der Waals surface area (Å²) in [5, 5.41) is 0. The molecule has 1 heterocycles. The molecule has 0 saturated carbocycles. The third-order valence-corrected chi connectivity index (χ3v) is 14.6. The zero-order valence-electron chi connectivity index (χ0n) is 12.6. The molecule has 1 saturated heterocycles. The van der Waals surface area contributed by atoms with Crippen LogP contribution in [0, 0.1) is 0 Å². The van der Waals surface area contributed by atoms with Gasteiger partial charge in [0.1, 0.15) is 0 Å². The van der Waals surface area contributed by atoms with Crippen LogP contribution in [0.25, 0.3) is 0 Å². The summed E-state index contributed by atoms with van der Waals surface area (Å²) in [7, 11) is -5.23. The smallest absolute Gasteiger partial charge is 0.349 e. The van der Waals surface area contributed by atoms with Crippen LogP contribution in [-0.4, -0.2) is 39.0 Å². The van der Waals surface area contributed by atoms with Crippen molar-refractivity contribution in [1.82, 2.24) is 0 Å². The molecule has 0 spiro atoms. The Labute approximate surface area is 116 Å². The predicted molar refractivity (Wildman–Crippen MR) is 80.4 cm³/mol. The molecule has 4 nitrogen and oxygen atoms in total. The van der Waals surface area contributed by atoms with Gasteiger partial charge >= 0.3 is 27.1 Å². The Hall–Kier alpha value is 0.491. The molecule has 1 rings (SSSR count). The van der Waals surface area contributed by atoms with Gasteiger partial charge < -0.3 is 17.1 Å². The highest BCUT2D eigenvalue weighted by Gasteiger charge is 2.50. The topological polar surface area (TPSA) is 36.9 Å². The van der Waals surface area contributed by atoms with E-state index in [9.17, 15) is 0 Å². The fourth-order valence-electron chi connectivity index (χ4n) is 2.21. The molecular formula is C11H28O4Si3. The molecule has 0 bridgehead atoms. The van der Waals surface area contributed by atoms with Crippen LogP contribution in [0.4, 0.5) is 0 Å². The Morgan fingerprint density at radius 2 is 1.50 bits per heavy atom. The number of rotatable bonds is 6. The van der Waals surface area contributed by atoms with Gasteiger partial charge in [-0.1, -0.05) is 20.8 Å². The van der Waals surface area contributed by atoms with Gasteiger partial charge in [0.25, 0.3) is 0 Å². The molecule has 18 heavy (non-hydrogen) atoms. The maximum absolute atomic E-state index is 6.31. The normalized spacial score (nSPS) is 34.8. The van der Waals surface area contributed by atoms with Crippen molar-refractivity contribution in [2.45, 2.75) is 71.5 Å². The van der Waals surface area contributed by atoms with Crippen molar-refractivity contribution < 1.29 is 17.1 Å². The Kier molecular flexibility index (Phi) is 6.73. The van der Waals surface area contributed by atoms with Crippen molar-refractivity contribution in [3.05, 3.63) is 0 Å². The number of ether oxygens (including phenoxy) is 1. The van der Waals surface area contributed by atoms with Crippen LogP contribution in [0.1, 0.15) is 41.5 Å². The second-order valence-electron chi connectivity index (χ2n) is 5.04. The molecule has 1 aliphatic heterocycles. The molecule has 3 atom stereocenters. The number of hydrogen-bond acceptors (Lipinski definition) is 4. The van der Waals surface area contributed by atoms with Crippen LogP contribution in [-0.2, 0) is 17.1 Å². The van der Waals surface area contributed by atoms with E-state index in [0.29, 0.717) is 0 Å². The van der Waals surface area contributed by atoms with E-state index >= 15 is 0 Å². The van der Waals surface area contributed by atoms with Gasteiger partial charge in [0.05, 0.1) is 11.8 Å². The van der Waals surface area contributed by atoms with E-state index < -0.39 is 27.1 Å². The van der Waals surface area contributed by atoms with Crippen LogP contribution in [0.15, 0.2) is 0 Å². The lowest BCUT2D eigenvalue weighted by Crippen LogP contribution is -2.64. The third kappa shape index (κ3) is 3.99. The Morgan fingerprint density at radius 3 is 1.83 bits per heavy atom. The molecular weight excluding hydrogens is 280 g/mol. The first kappa shape index (κ1) is 16.5. The summed E-state index contributed by atoms with van der Waals surface area (Å²) < 4.78 is 24.6. The van der Waals surface area contributed by atoms with Crippen molar-refractivity contribution in [3.63, 3.8) is 0 Å². The van der Waals surface area contributed by atoms with Gasteiger partial charge in [-0.15, -0.1) is 0 Å². The average Bonchev–Trinajstić information content (AvgIpc) is 2.36. The largest absolute Gasteiger partial charge is 0.420 e. The summed E-state index contributed by atoms with van der Waals surface area (Å²) >= 11 is 0. The van der Waals surface area contributed by atoms with Gasteiger partial charge in [-0.05, 0) is 38.9 Å². The third-order valence-electron chi connectivity index (χ3n) is 3.22. The summed E-state index contributed by atoms with van der Waals surface area (Å²) in [5.74, 6) is 0. The SMILES string of the molecule is CC[SiH]1O[SiH](CC)O[Si](CC)(C(C)OC(C)C)O1. The summed E-state index contributed by atoms with van der Waals surface area (Å²) in [4.78, 5) is 0. The maximum Gasteiger partial charge on any atom is 0.349 e. The van der Waals surface area contributed by atoms with E-state index in [1.807, 2.05) is 0 Å². The number of hydrogen-bond donors (Lipinski definition) is 0. The molecule has 0 radical (unpaired) electrons. The first-order valence-electron chi connectivity index (χ1n) is 7.13. The Balaban J connectivity index is 2.82. The molecule has 0 N–H and O–H groups in total. The zero-order chi connectivity index (χ0) is 13.8. The second-order valence-corrected chi connectivity index (χ2v) is 14.5. The van der Waals surface area contributed by atoms with Gasteiger partial charge in [0, 0.05) is 0 Å². The van der Waals surface area contributed by atoms with E-state index in [0.717, 1.165) is 18.1 Å². The summed E-state index contributed by atoms with van der Waals surface area (Å²) in [5.41, 5.74) is 0.0921. The van der Waals surface area contributed by atoms with Gasteiger partial charge in [-0.2, -0.15) is 0 Å². The molecule has 0 aromatic rings. The monoisotopic (exact) mass is 308 g/mol. The first-order valence-corrected chi connectivity index (χ1v) is 12.8. The van der Waals surface area contributed by atoms with Crippen LogP contribution in [0.3, 0.4) is 0 Å². The Bertz CT molecular complexity index is 240. The van der Waals surface area contributed by atoms with Crippen LogP contribution >= 0.6 is 0 Å². The van der Waals surface area contributed by atoms with E-state index in [1.54, 1.807) is 0 Å². The lowest BCUT2D eigenvalue weighted by molar-refractivity contribution is 0.0336. The van der Waals surface area contributed by atoms with Crippen LogP contribution < -0.4 is 0 Å². The van der Waals surface area contributed by atoms with Crippen LogP contribution in [0.2, 0.25) is 18.1 Å². The lowest BCUT2D eigenvalue weighted by atomic mass is 10.5. The molecule has 7 heteroatoms. The minimum Gasteiger partial charge on any atom is -0.420 e. The summed E-state index contributed by atoms with van der Waals surface area (Å²) in [6.45, 7) is 12.7. The minimum absolute atomic E-state index is 0.0921. The van der Waals surface area contributed by atoms with E-state index in [1.165, 1.54) is 0 Å². The van der Waals surface area contributed by atoms with Crippen molar-refractivity contribution in [2.75, 3.05) is 0 Å². The standard InChI is InChI=1S/C11H28O4Si3/c1-7-16-13-17(8-2)15-18(9-3,14-16)11(6)12-10(4)5/h10-11,16-17H,7-9H2,1-6H3. The van der Waals surface area contributed by atoms with Gasteiger partial charge in [-0.25, -0.2) is 0 Å². The van der Waals surface area contributed by atoms with E-state index in [2.05, 4.69) is 41.5 Å². The highest BCUT2D eigenvalue weighted by Crippen LogP contribution is 2.29. The quantitative estimate of drug-likeness (QED) is 0.706. The molecule has 0 amide bonds. The van der Waals surface area contributed by atoms with Crippen molar-refractivity contribution in [3.8, 4) is 0 Å². The highest BCUT2D eigenvalue weighted by molar-refractivity contribution is 6.84. The fraction of sp³-hybridized carbons (Fsp3) is 1.00. The van der Waals surface area contributed by atoms with Crippen LogP contribution in [0.5, 0.6) is 0 Å². The van der Waals surface area contributed by atoms with E-state index in [-0.39, 0.29) is 11.8 Å². The molecule has 0 aromatic heterocycles. The van der Waals surface area contributed by atoms with Crippen molar-refractivity contribution in [1.29, 1.82) is 0 Å². The second kappa shape index (κ2) is 7.32. The van der Waals surface area contributed by atoms with E-state index in [4.69, 9.17) is 17.1 Å². The van der Waals surface area contributed by atoms with Gasteiger partial charge in [-0.3, -0.25) is 0 Å². The van der Waals surface area contributed by atoms with Gasteiger partial charge in [0.15, 0.2) is 0 Å². The molecule has 0 aromatic carbocycles. The molecule has 0 aliphatic carbocycles. The summed E-state index contributed by atoms with van der Waals surface area (Å²) in [6.07, 6.45) is 0.217. The van der Waals surface area contributed by atoms with Crippen molar-refractivity contribution >= 4 is 27.1 Å². The maximum atomic E-state index is 6.31. The Morgan fingerprint density at radius 1 is 1.00 bits per heavy atom. The highest BCUT2D eigenvalue weighted by atomic mass is 28.5. The van der Waals surface area contributed by atoms with Crippen molar-refractivity contribution in [2.24, 2.45) is 0 Å². The lowest BCUT2D eigenvalue weighted by Gasteiger charge is -2.45. The first-order chi connectivity index (χ1) is 8.47. The molecule has 1 fully saturated rings. The predicted octanol–water partition coefficient (Wildman–Crippen LogP) is 2.35. The average molecular weight is 309 g/mol. The molecule has 1 aliphatic rings. The summed E-state index contributed by atoms with van der Waals surface area (Å²) in [6, 6.07) is 3.00. The molecule has 108 valence electrons. The zero-order valence-corrected chi connectivity index (χ0v) is 15.9.